The first-order valence-corrected chi connectivity index (χ1v) is 16.7. The number of carbonyl (C=O) groups is 2. The Balaban J connectivity index is 1.25. The van der Waals surface area contributed by atoms with E-state index in [2.05, 4.69) is 108 Å². The normalized spacial score (nSPS) is 32.2. The van der Waals surface area contributed by atoms with Crippen molar-refractivity contribution in [3.8, 4) is 11.1 Å². The van der Waals surface area contributed by atoms with Crippen LogP contribution in [0.15, 0.2) is 54.2 Å². The van der Waals surface area contributed by atoms with E-state index in [-0.39, 0.29) is 39.3 Å². The molecule has 2 aromatic carbocycles. The number of rotatable bonds is 3. The first-order valence-electron chi connectivity index (χ1n) is 16.7. The van der Waals surface area contributed by atoms with Crippen LogP contribution in [-0.4, -0.2) is 18.2 Å². The summed E-state index contributed by atoms with van der Waals surface area (Å²) in [6.07, 6.45) is 7.78. The molecule has 6 rings (SSSR count). The molecule has 230 valence electrons. The van der Waals surface area contributed by atoms with Crippen molar-refractivity contribution in [2.75, 3.05) is 11.9 Å². The van der Waals surface area contributed by atoms with Gasteiger partial charge in [-0.05, 0) is 94.4 Å². The predicted octanol–water partition coefficient (Wildman–Crippen LogP) is 8.80. The standard InChI is InChI=1S/C39H52N2O2/c1-36(2,3)26-12-9-24(10-13-26)25-11-14-31(37(4,5)6)33(21-25)41-35(43)32-16-15-29-28-23-40-34-22-27(42)17-19-39(34,8)30(28)18-20-38(29,32)7/h9-14,21-22,28-30,32,40H,15-20,23H2,1-8H3,(H,41,43)/t28?,29?,30?,32-,38+,39-/m1/s1. The highest BCUT2D eigenvalue weighted by atomic mass is 16.2. The van der Waals surface area contributed by atoms with E-state index >= 15 is 0 Å². The summed E-state index contributed by atoms with van der Waals surface area (Å²) in [5, 5.41) is 7.19. The molecule has 4 nitrogen and oxygen atoms in total. The smallest absolute Gasteiger partial charge is 0.228 e. The van der Waals surface area contributed by atoms with Crippen LogP contribution in [0, 0.1) is 34.5 Å². The van der Waals surface area contributed by atoms with Crippen molar-refractivity contribution in [2.45, 2.75) is 105 Å². The Labute approximate surface area is 259 Å². The SMILES string of the molecule is CC(C)(C)c1ccc(-c2ccc(C(C)(C)C)c(NC(=O)[C@H]3CCC4C5CNC6=CC(=O)CC[C@]6(C)C5CC[C@@]43C)c2)cc1. The van der Waals surface area contributed by atoms with Crippen molar-refractivity contribution >= 4 is 17.4 Å². The molecule has 6 atom stereocenters. The van der Waals surface area contributed by atoms with Gasteiger partial charge in [0.15, 0.2) is 5.78 Å². The molecule has 3 aliphatic carbocycles. The van der Waals surface area contributed by atoms with E-state index in [4.69, 9.17) is 0 Å². The Bertz CT molecular complexity index is 1460. The van der Waals surface area contributed by atoms with Gasteiger partial charge >= 0.3 is 0 Å². The van der Waals surface area contributed by atoms with Crippen LogP contribution in [0.3, 0.4) is 0 Å². The lowest BCUT2D eigenvalue weighted by Gasteiger charge is -2.58. The van der Waals surface area contributed by atoms with E-state index in [1.807, 2.05) is 6.08 Å². The van der Waals surface area contributed by atoms with Gasteiger partial charge in [-0.15, -0.1) is 0 Å². The van der Waals surface area contributed by atoms with E-state index in [1.165, 1.54) is 22.4 Å². The lowest BCUT2D eigenvalue weighted by atomic mass is 9.50. The van der Waals surface area contributed by atoms with Crippen LogP contribution in [-0.2, 0) is 20.4 Å². The number of amides is 1. The fourth-order valence-electron chi connectivity index (χ4n) is 9.44. The maximum absolute atomic E-state index is 14.3. The van der Waals surface area contributed by atoms with Gasteiger partial charge in [-0.2, -0.15) is 0 Å². The molecule has 0 radical (unpaired) electrons. The van der Waals surface area contributed by atoms with Crippen LogP contribution >= 0.6 is 0 Å². The first-order chi connectivity index (χ1) is 20.1. The molecule has 3 fully saturated rings. The zero-order valence-corrected chi connectivity index (χ0v) is 27.7. The van der Waals surface area contributed by atoms with Crippen LogP contribution in [0.2, 0.25) is 0 Å². The number of allylic oxidation sites excluding steroid dienone is 2. The van der Waals surface area contributed by atoms with Crippen molar-refractivity contribution in [1.82, 2.24) is 5.32 Å². The molecule has 1 aliphatic heterocycles. The summed E-state index contributed by atoms with van der Waals surface area (Å²) in [5.41, 5.74) is 7.00. The number of piperidine rings is 1. The van der Waals surface area contributed by atoms with Crippen molar-refractivity contribution in [3.05, 3.63) is 65.4 Å². The van der Waals surface area contributed by atoms with Crippen molar-refractivity contribution in [3.63, 3.8) is 0 Å². The van der Waals surface area contributed by atoms with Gasteiger partial charge < -0.3 is 10.6 Å². The number of ketones is 1. The van der Waals surface area contributed by atoms with Gasteiger partial charge in [-0.1, -0.05) is 91.8 Å². The third-order valence-electron chi connectivity index (χ3n) is 12.1. The van der Waals surface area contributed by atoms with Crippen molar-refractivity contribution in [1.29, 1.82) is 0 Å². The van der Waals surface area contributed by atoms with Crippen LogP contribution in [0.25, 0.3) is 11.1 Å². The van der Waals surface area contributed by atoms with Crippen LogP contribution in [0.4, 0.5) is 5.69 Å². The summed E-state index contributed by atoms with van der Waals surface area (Å²) < 4.78 is 0. The molecule has 0 bridgehead atoms. The molecule has 2 N–H and O–H groups in total. The molecule has 2 saturated carbocycles. The minimum Gasteiger partial charge on any atom is -0.387 e. The second kappa shape index (κ2) is 10.3. The van der Waals surface area contributed by atoms with Gasteiger partial charge in [-0.25, -0.2) is 0 Å². The quantitative estimate of drug-likeness (QED) is 0.381. The van der Waals surface area contributed by atoms with Gasteiger partial charge in [0.25, 0.3) is 0 Å². The van der Waals surface area contributed by atoms with Gasteiger partial charge in [0.1, 0.15) is 0 Å². The highest BCUT2D eigenvalue weighted by molar-refractivity contribution is 5.95. The van der Waals surface area contributed by atoms with Gasteiger partial charge in [0.2, 0.25) is 5.91 Å². The second-order valence-electron chi connectivity index (χ2n) is 16.7. The maximum Gasteiger partial charge on any atom is 0.228 e. The maximum atomic E-state index is 14.3. The van der Waals surface area contributed by atoms with E-state index in [0.717, 1.165) is 49.9 Å². The first kappa shape index (κ1) is 30.2. The van der Waals surface area contributed by atoms with Crippen LogP contribution in [0.1, 0.15) is 105 Å². The lowest BCUT2D eigenvalue weighted by molar-refractivity contribution is -0.127. The summed E-state index contributed by atoms with van der Waals surface area (Å²) in [4.78, 5) is 26.5. The number of anilines is 1. The van der Waals surface area contributed by atoms with Gasteiger partial charge in [-0.3, -0.25) is 9.59 Å². The van der Waals surface area contributed by atoms with E-state index in [0.29, 0.717) is 24.2 Å². The van der Waals surface area contributed by atoms with Crippen molar-refractivity contribution in [2.24, 2.45) is 34.5 Å². The molecule has 4 aliphatic rings. The Morgan fingerprint density at radius 3 is 2.23 bits per heavy atom. The summed E-state index contributed by atoms with van der Waals surface area (Å²) in [6, 6.07) is 15.5. The molecule has 0 aromatic heterocycles. The monoisotopic (exact) mass is 580 g/mol. The van der Waals surface area contributed by atoms with Crippen LogP contribution in [0.5, 0.6) is 0 Å². The number of hydrogen-bond acceptors (Lipinski definition) is 3. The second-order valence-corrected chi connectivity index (χ2v) is 16.7. The largest absolute Gasteiger partial charge is 0.387 e. The Morgan fingerprint density at radius 2 is 1.56 bits per heavy atom. The number of fused-ring (bicyclic) bond motifs is 5. The zero-order valence-electron chi connectivity index (χ0n) is 27.7. The van der Waals surface area contributed by atoms with Gasteiger partial charge in [0, 0.05) is 41.8 Å². The third-order valence-corrected chi connectivity index (χ3v) is 12.1. The summed E-state index contributed by atoms with van der Waals surface area (Å²) in [6.45, 7) is 19.1. The third kappa shape index (κ3) is 5.17. The molecule has 0 spiro atoms. The Kier molecular flexibility index (Phi) is 7.26. The fourth-order valence-corrected chi connectivity index (χ4v) is 9.44. The summed E-state index contributed by atoms with van der Waals surface area (Å²) >= 11 is 0. The molecule has 4 heteroatoms. The van der Waals surface area contributed by atoms with Gasteiger partial charge in [0.05, 0.1) is 0 Å². The summed E-state index contributed by atoms with van der Waals surface area (Å²) in [5.74, 6) is 2.13. The molecule has 43 heavy (non-hydrogen) atoms. The predicted molar refractivity (Wildman–Crippen MR) is 177 cm³/mol. The number of hydrogen-bond donors (Lipinski definition) is 2. The minimum atomic E-state index is -0.0901. The topological polar surface area (TPSA) is 58.2 Å². The number of nitrogens with one attached hydrogen (secondary N) is 2. The molecular weight excluding hydrogens is 528 g/mol. The number of benzene rings is 2. The van der Waals surface area contributed by atoms with E-state index in [9.17, 15) is 9.59 Å². The highest BCUT2D eigenvalue weighted by Gasteiger charge is 2.60. The van der Waals surface area contributed by atoms with E-state index < -0.39 is 0 Å². The highest BCUT2D eigenvalue weighted by Crippen LogP contribution is 2.64. The fraction of sp³-hybridized carbons (Fsp3) is 0.590. The van der Waals surface area contributed by atoms with E-state index in [1.54, 1.807) is 0 Å². The van der Waals surface area contributed by atoms with Crippen LogP contribution < -0.4 is 10.6 Å². The average Bonchev–Trinajstić information content (AvgIpc) is 3.30. The Hall–Kier alpha value is -2.88. The molecule has 1 amide bonds. The molecule has 1 saturated heterocycles. The number of carbonyl (C=O) groups excluding carboxylic acids is 2. The minimum absolute atomic E-state index is 0.00269. The van der Waals surface area contributed by atoms with Crippen molar-refractivity contribution < 1.29 is 9.59 Å². The Morgan fingerprint density at radius 1 is 0.860 bits per heavy atom. The molecule has 3 unspecified atom stereocenters. The molecule has 1 heterocycles. The average molecular weight is 581 g/mol. The summed E-state index contributed by atoms with van der Waals surface area (Å²) in [7, 11) is 0. The lowest BCUT2D eigenvalue weighted by Crippen LogP contribution is -2.57. The molecular formula is C39H52N2O2. The molecule has 2 aromatic rings. The zero-order chi connectivity index (χ0) is 30.9.